The predicted octanol–water partition coefficient (Wildman–Crippen LogP) is 0.842. The zero-order valence-corrected chi connectivity index (χ0v) is 2.99. The van der Waals surface area contributed by atoms with Crippen molar-refractivity contribution in [1.29, 1.82) is 0 Å². The van der Waals surface area contributed by atoms with Crippen molar-refractivity contribution in [2.75, 3.05) is 0 Å². The van der Waals surface area contributed by atoms with Crippen LogP contribution in [0.3, 0.4) is 0 Å². The Labute approximate surface area is 36.7 Å². The van der Waals surface area contributed by atoms with E-state index in [1.54, 1.807) is 0 Å². The van der Waals surface area contributed by atoms with Crippen molar-refractivity contribution in [3.05, 3.63) is 0 Å². The summed E-state index contributed by atoms with van der Waals surface area (Å²) in [5.74, 6) is 0. The average molecular weight is 111 g/mol. The highest BCUT2D eigenvalue weighted by Gasteiger charge is 2.25. The monoisotopic (exact) mass is 111 g/mol. The van der Waals surface area contributed by atoms with Crippen LogP contribution in [0.1, 0.15) is 0 Å². The summed E-state index contributed by atoms with van der Waals surface area (Å²) in [4.78, 5) is 10.3. The van der Waals surface area contributed by atoms with Gasteiger partial charge in [-0.25, -0.2) is 4.79 Å². The summed E-state index contributed by atoms with van der Waals surface area (Å²) in [7, 11) is 0. The van der Waals surface area contributed by atoms with Gasteiger partial charge in [-0.3, -0.25) is 0 Å². The molecular formula is C2F3NO. The number of aliphatic imine (C=N–C) groups is 1. The molecule has 40 valence electrons. The van der Waals surface area contributed by atoms with Crippen molar-refractivity contribution in [2.45, 2.75) is 6.30 Å². The summed E-state index contributed by atoms with van der Waals surface area (Å²) in [5.41, 5.74) is 0. The third-order valence-electron chi connectivity index (χ3n) is 0.172. The van der Waals surface area contributed by atoms with E-state index in [1.807, 2.05) is 0 Å². The normalized spacial score (nSPS) is 10.1. The molecule has 0 atom stereocenters. The zero-order valence-electron chi connectivity index (χ0n) is 2.99. The maximum absolute atomic E-state index is 10.6. The van der Waals surface area contributed by atoms with Gasteiger partial charge >= 0.3 is 6.30 Å². The maximum atomic E-state index is 10.6. The fraction of sp³-hybridized carbons (Fsp3) is 0.500. The molecule has 0 unspecified atom stereocenters. The lowest BCUT2D eigenvalue weighted by Gasteiger charge is -1.88. The van der Waals surface area contributed by atoms with Crippen LogP contribution in [-0.4, -0.2) is 12.4 Å². The molecule has 0 aliphatic heterocycles. The van der Waals surface area contributed by atoms with Crippen molar-refractivity contribution >= 4 is 6.08 Å². The van der Waals surface area contributed by atoms with E-state index >= 15 is 0 Å². The summed E-state index contributed by atoms with van der Waals surface area (Å²) in [6.45, 7) is 0. The molecule has 0 spiro atoms. The van der Waals surface area contributed by atoms with Crippen LogP contribution < -0.4 is 0 Å². The molecule has 0 aromatic heterocycles. The van der Waals surface area contributed by atoms with Crippen LogP contribution in [0.15, 0.2) is 4.99 Å². The molecule has 2 nitrogen and oxygen atoms in total. The van der Waals surface area contributed by atoms with Crippen LogP contribution >= 0.6 is 0 Å². The molecule has 7 heavy (non-hydrogen) atoms. The minimum atomic E-state index is -4.75. The molecule has 0 saturated heterocycles. The first-order chi connectivity index (χ1) is 3.06. The molecule has 5 heteroatoms. The van der Waals surface area contributed by atoms with Crippen molar-refractivity contribution in [1.82, 2.24) is 0 Å². The van der Waals surface area contributed by atoms with Crippen LogP contribution in [0.25, 0.3) is 0 Å². The lowest BCUT2D eigenvalue weighted by Crippen LogP contribution is -1.99. The highest BCUT2D eigenvalue weighted by atomic mass is 19.4. The van der Waals surface area contributed by atoms with Gasteiger partial charge in [0.2, 0.25) is 6.08 Å². The van der Waals surface area contributed by atoms with E-state index in [4.69, 9.17) is 4.79 Å². The standard InChI is InChI=1S/C2F3NO/c3-2(4,5)6-1-7. The fourth-order valence-electron chi connectivity index (χ4n) is 0.0518. The smallest absolute Gasteiger partial charge is 0.211 e. The molecule has 0 rings (SSSR count). The number of halogens is 3. The van der Waals surface area contributed by atoms with Crippen molar-refractivity contribution in [2.24, 2.45) is 4.99 Å². The zero-order chi connectivity index (χ0) is 5.91. The molecule has 0 saturated carbocycles. The predicted molar refractivity (Wildman–Crippen MR) is 14.2 cm³/mol. The van der Waals surface area contributed by atoms with Crippen molar-refractivity contribution in [3.8, 4) is 0 Å². The number of nitrogens with zero attached hydrogens (tertiary/aromatic N) is 1. The number of rotatable bonds is 0. The molecule has 0 fully saturated rings. The summed E-state index contributed by atoms with van der Waals surface area (Å²) >= 11 is 0. The Morgan fingerprint density at radius 1 is 1.43 bits per heavy atom. The Morgan fingerprint density at radius 3 is 1.86 bits per heavy atom. The van der Waals surface area contributed by atoms with Crippen molar-refractivity contribution in [3.63, 3.8) is 0 Å². The third kappa shape index (κ3) is 5.17. The average Bonchev–Trinajstić information content (AvgIpc) is 1.30. The van der Waals surface area contributed by atoms with E-state index in [2.05, 4.69) is 0 Å². The van der Waals surface area contributed by atoms with Crippen LogP contribution in [0.4, 0.5) is 13.2 Å². The molecule has 0 aromatic rings. The summed E-state index contributed by atoms with van der Waals surface area (Å²) in [5, 5.41) is 0. The lowest BCUT2D eigenvalue weighted by molar-refractivity contribution is -0.119. The Kier molecular flexibility index (Phi) is 1.54. The number of alkyl halides is 3. The molecule has 0 radical (unpaired) electrons. The third-order valence-corrected chi connectivity index (χ3v) is 0.172. The molecule has 0 heterocycles. The summed E-state index contributed by atoms with van der Waals surface area (Å²) in [6, 6.07) is 0. The van der Waals surface area contributed by atoms with E-state index in [0.717, 1.165) is 0 Å². The van der Waals surface area contributed by atoms with Gasteiger partial charge < -0.3 is 0 Å². The van der Waals surface area contributed by atoms with Gasteiger partial charge in [-0.15, -0.1) is 18.2 Å². The number of hydrogen-bond acceptors (Lipinski definition) is 2. The summed E-state index contributed by atoms with van der Waals surface area (Å²) in [6.07, 6.45) is -4.39. The molecule has 0 aliphatic rings. The van der Waals surface area contributed by atoms with Gasteiger partial charge in [0, 0.05) is 0 Å². The second-order valence-corrected chi connectivity index (χ2v) is 0.671. The van der Waals surface area contributed by atoms with Gasteiger partial charge in [0.05, 0.1) is 0 Å². The fourth-order valence-corrected chi connectivity index (χ4v) is 0.0518. The van der Waals surface area contributed by atoms with E-state index in [-0.39, 0.29) is 0 Å². The largest absolute Gasteiger partial charge is 0.513 e. The Balaban J connectivity index is 3.80. The van der Waals surface area contributed by atoms with Gasteiger partial charge in [0.1, 0.15) is 0 Å². The Bertz CT molecular complexity index is 100.0. The van der Waals surface area contributed by atoms with E-state index in [0.29, 0.717) is 6.08 Å². The first kappa shape index (κ1) is 6.17. The highest BCUT2D eigenvalue weighted by molar-refractivity contribution is 5.33. The highest BCUT2D eigenvalue weighted by Crippen LogP contribution is 2.13. The first-order valence-electron chi connectivity index (χ1n) is 1.22. The second-order valence-electron chi connectivity index (χ2n) is 0.671. The second kappa shape index (κ2) is 1.75. The van der Waals surface area contributed by atoms with E-state index in [1.165, 1.54) is 4.99 Å². The Morgan fingerprint density at radius 2 is 1.86 bits per heavy atom. The minimum Gasteiger partial charge on any atom is -0.211 e. The number of carbonyl (C=O) groups excluding carboxylic acids is 1. The van der Waals surface area contributed by atoms with E-state index in [9.17, 15) is 13.2 Å². The first-order valence-corrected chi connectivity index (χ1v) is 1.22. The molecule has 0 N–H and O–H groups in total. The maximum Gasteiger partial charge on any atom is 0.513 e. The number of isocyanates is 1. The number of hydrogen-bond donors (Lipinski definition) is 0. The van der Waals surface area contributed by atoms with Crippen LogP contribution in [0, 0.1) is 0 Å². The molecule has 0 aliphatic carbocycles. The minimum absolute atomic E-state index is 0.358. The van der Waals surface area contributed by atoms with Gasteiger partial charge in [-0.05, 0) is 0 Å². The van der Waals surface area contributed by atoms with Gasteiger partial charge in [0.15, 0.2) is 0 Å². The SMILES string of the molecule is O=C=NC(F)(F)F. The quantitative estimate of drug-likeness (QED) is 0.259. The topological polar surface area (TPSA) is 29.4 Å². The lowest BCUT2D eigenvalue weighted by atomic mass is 11.2. The molecular weight excluding hydrogens is 111 g/mol. The Hall–Kier alpha value is -0.830. The molecule has 0 bridgehead atoms. The van der Waals surface area contributed by atoms with E-state index < -0.39 is 6.30 Å². The molecule has 0 aromatic carbocycles. The van der Waals surface area contributed by atoms with Crippen LogP contribution in [0.2, 0.25) is 0 Å². The summed E-state index contributed by atoms with van der Waals surface area (Å²) < 4.78 is 31.9. The van der Waals surface area contributed by atoms with Gasteiger partial charge in [-0.1, -0.05) is 0 Å². The van der Waals surface area contributed by atoms with Gasteiger partial charge in [0.25, 0.3) is 0 Å². The van der Waals surface area contributed by atoms with Crippen LogP contribution in [-0.2, 0) is 4.79 Å². The van der Waals surface area contributed by atoms with Crippen LogP contribution in [0.5, 0.6) is 0 Å². The van der Waals surface area contributed by atoms with Crippen molar-refractivity contribution < 1.29 is 18.0 Å². The molecule has 0 amide bonds. The van der Waals surface area contributed by atoms with Gasteiger partial charge in [-0.2, -0.15) is 0 Å².